The minimum Gasteiger partial charge on any atom is -0.756 e. The van der Waals surface area contributed by atoms with Crippen molar-refractivity contribution in [3.8, 4) is 0 Å². The monoisotopic (exact) mass is 1120 g/mol. The molecule has 3 atom stereocenters. The second kappa shape index (κ2) is 60.3. The summed E-state index contributed by atoms with van der Waals surface area (Å²) in [6.45, 7) is 4.68. The number of amides is 1. The van der Waals surface area contributed by atoms with Crippen molar-refractivity contribution < 1.29 is 32.9 Å². The summed E-state index contributed by atoms with van der Waals surface area (Å²) >= 11 is 0. The van der Waals surface area contributed by atoms with E-state index in [9.17, 15) is 19.4 Å². The summed E-state index contributed by atoms with van der Waals surface area (Å²) in [6.07, 6.45) is 79.9. The Bertz CT molecular complexity index is 1360. The van der Waals surface area contributed by atoms with E-state index in [4.69, 9.17) is 9.05 Å². The van der Waals surface area contributed by atoms with Crippen LogP contribution in [0, 0.1) is 0 Å². The number of nitrogens with one attached hydrogen (secondary N) is 1. The maximum atomic E-state index is 13.0. The van der Waals surface area contributed by atoms with Gasteiger partial charge >= 0.3 is 0 Å². The van der Waals surface area contributed by atoms with Gasteiger partial charge in [-0.05, 0) is 44.9 Å². The SMILES string of the molecule is CCCCCCCCCCCCCCCCCCCCCC/C=C/CC/C=C/CC/C=C/C(O)C(COP(=O)([O-])OCC[N+](C)(C)C)NC(=O)CCCCCCCCCCCCCCCCCCCCCCCCCCCC. The first kappa shape index (κ1) is 76.7. The van der Waals surface area contributed by atoms with Crippen molar-refractivity contribution in [3.05, 3.63) is 36.5 Å². The van der Waals surface area contributed by atoms with Crippen LogP contribution in [0.15, 0.2) is 36.5 Å². The van der Waals surface area contributed by atoms with Crippen molar-refractivity contribution in [2.24, 2.45) is 0 Å². The van der Waals surface area contributed by atoms with E-state index in [1.807, 2.05) is 27.2 Å². The number of carbonyl (C=O) groups excluding carboxylic acids is 1. The van der Waals surface area contributed by atoms with Crippen LogP contribution in [0.2, 0.25) is 0 Å². The van der Waals surface area contributed by atoms with Gasteiger partial charge in [-0.15, -0.1) is 0 Å². The molecule has 78 heavy (non-hydrogen) atoms. The standard InChI is InChI=1S/C69H135N2O6P/c1-6-8-10-12-14-16-18-20-22-24-26-28-30-32-34-35-36-37-38-40-42-44-46-48-50-52-54-56-58-60-62-68(72)67(66-77-78(74,75)76-65-64-71(3,4)5)70-69(73)63-61-59-57-55-53-51-49-47-45-43-41-39-33-31-29-27-25-23-21-19-17-15-13-11-9-7-2/h44,46,52,54,60,62,67-68,72H,6-43,45,47-51,53,55-59,61,63-66H2,1-5H3,(H-,70,73,74,75)/b46-44+,54-52+,62-60+. The van der Waals surface area contributed by atoms with E-state index in [1.165, 1.54) is 283 Å². The highest BCUT2D eigenvalue weighted by Gasteiger charge is 2.23. The molecule has 0 rings (SSSR count). The van der Waals surface area contributed by atoms with Crippen LogP contribution in [0.3, 0.4) is 0 Å². The average Bonchev–Trinajstić information content (AvgIpc) is 3.41. The first-order chi connectivity index (χ1) is 38.0. The van der Waals surface area contributed by atoms with E-state index in [2.05, 4.69) is 43.5 Å². The lowest BCUT2D eigenvalue weighted by Crippen LogP contribution is -2.45. The highest BCUT2D eigenvalue weighted by Crippen LogP contribution is 2.38. The van der Waals surface area contributed by atoms with E-state index in [-0.39, 0.29) is 12.5 Å². The van der Waals surface area contributed by atoms with Crippen molar-refractivity contribution in [3.63, 3.8) is 0 Å². The molecule has 0 fully saturated rings. The number of quaternary nitrogens is 1. The lowest BCUT2D eigenvalue weighted by atomic mass is 10.0. The molecule has 0 saturated heterocycles. The molecule has 0 aromatic rings. The Hall–Kier alpha value is -1.28. The molecule has 8 nitrogen and oxygen atoms in total. The summed E-state index contributed by atoms with van der Waals surface area (Å²) in [7, 11) is 1.25. The maximum Gasteiger partial charge on any atom is 0.268 e. The fraction of sp³-hybridized carbons (Fsp3) is 0.899. The number of carbonyl (C=O) groups is 1. The number of aliphatic hydroxyl groups is 1. The van der Waals surface area contributed by atoms with E-state index >= 15 is 0 Å². The molecule has 9 heteroatoms. The Balaban J connectivity index is 4.13. The van der Waals surface area contributed by atoms with Crippen LogP contribution >= 0.6 is 7.82 Å². The smallest absolute Gasteiger partial charge is 0.268 e. The molecule has 0 heterocycles. The number of allylic oxidation sites excluding steroid dienone is 5. The van der Waals surface area contributed by atoms with Crippen LogP contribution in [-0.4, -0.2) is 68.5 Å². The van der Waals surface area contributed by atoms with E-state index in [0.717, 1.165) is 44.9 Å². The average molecular weight is 1120 g/mol. The van der Waals surface area contributed by atoms with E-state index in [0.29, 0.717) is 17.4 Å². The molecule has 0 aliphatic heterocycles. The van der Waals surface area contributed by atoms with Gasteiger partial charge in [0, 0.05) is 6.42 Å². The Kier molecular flexibility index (Phi) is 59.3. The van der Waals surface area contributed by atoms with E-state index < -0.39 is 26.6 Å². The van der Waals surface area contributed by atoms with Gasteiger partial charge in [-0.25, -0.2) is 0 Å². The minimum absolute atomic E-state index is 0.00710. The fourth-order valence-electron chi connectivity index (χ4n) is 10.5. The normalized spacial score (nSPS) is 13.9. The summed E-state index contributed by atoms with van der Waals surface area (Å²) in [6, 6.07) is -0.909. The van der Waals surface area contributed by atoms with Crippen LogP contribution < -0.4 is 10.2 Å². The molecule has 3 unspecified atom stereocenters. The molecule has 462 valence electrons. The van der Waals surface area contributed by atoms with Gasteiger partial charge in [0.1, 0.15) is 13.2 Å². The Morgan fingerprint density at radius 2 is 0.718 bits per heavy atom. The molecule has 0 aromatic carbocycles. The number of phosphoric ester groups is 1. The third-order valence-electron chi connectivity index (χ3n) is 15.8. The quantitative estimate of drug-likeness (QED) is 0.0272. The number of phosphoric acid groups is 1. The summed E-state index contributed by atoms with van der Waals surface area (Å²) in [5, 5.41) is 13.9. The molecule has 1 amide bonds. The van der Waals surface area contributed by atoms with Gasteiger partial charge in [0.2, 0.25) is 5.91 Å². The Morgan fingerprint density at radius 3 is 1.04 bits per heavy atom. The highest BCUT2D eigenvalue weighted by molar-refractivity contribution is 7.45. The molecule has 2 N–H and O–H groups in total. The topological polar surface area (TPSA) is 108 Å². The molecule has 0 bridgehead atoms. The first-order valence-corrected chi connectivity index (χ1v) is 35.8. The van der Waals surface area contributed by atoms with Crippen molar-refractivity contribution in [2.45, 2.75) is 360 Å². The maximum absolute atomic E-state index is 13.0. The number of rotatable bonds is 64. The predicted octanol–water partition coefficient (Wildman–Crippen LogP) is 21.0. The minimum atomic E-state index is -4.61. The van der Waals surface area contributed by atoms with Crippen LogP contribution in [-0.2, 0) is 18.4 Å². The lowest BCUT2D eigenvalue weighted by molar-refractivity contribution is -0.870. The lowest BCUT2D eigenvalue weighted by Gasteiger charge is -2.29. The number of likely N-dealkylation sites (N-methyl/N-ethyl adjacent to an activating group) is 1. The zero-order chi connectivity index (χ0) is 57.0. The van der Waals surface area contributed by atoms with Gasteiger partial charge in [-0.1, -0.05) is 333 Å². The molecule has 0 radical (unpaired) electrons. The Morgan fingerprint density at radius 1 is 0.436 bits per heavy atom. The van der Waals surface area contributed by atoms with Gasteiger partial charge in [-0.2, -0.15) is 0 Å². The molecule has 0 spiro atoms. The second-order valence-electron chi connectivity index (χ2n) is 24.9. The molecule has 0 aliphatic carbocycles. The Labute approximate surface area is 487 Å². The van der Waals surface area contributed by atoms with Gasteiger partial charge in [0.25, 0.3) is 7.82 Å². The zero-order valence-electron chi connectivity index (χ0n) is 52.9. The van der Waals surface area contributed by atoms with Crippen molar-refractivity contribution in [1.29, 1.82) is 0 Å². The number of unbranched alkanes of at least 4 members (excludes halogenated alkanes) is 47. The van der Waals surface area contributed by atoms with E-state index in [1.54, 1.807) is 6.08 Å². The molecule has 0 aliphatic rings. The largest absolute Gasteiger partial charge is 0.756 e. The molecular weight excluding hydrogens is 984 g/mol. The number of hydrogen-bond donors (Lipinski definition) is 2. The van der Waals surface area contributed by atoms with Crippen molar-refractivity contribution >= 4 is 13.7 Å². The summed E-state index contributed by atoms with van der Waals surface area (Å²) in [5.74, 6) is -0.204. The van der Waals surface area contributed by atoms with Gasteiger partial charge in [-0.3, -0.25) is 9.36 Å². The zero-order valence-corrected chi connectivity index (χ0v) is 53.8. The number of nitrogens with zero attached hydrogens (tertiary/aromatic N) is 1. The number of hydrogen-bond acceptors (Lipinski definition) is 6. The molecular formula is C69H135N2O6P. The summed E-state index contributed by atoms with van der Waals surface area (Å²) < 4.78 is 23.4. The summed E-state index contributed by atoms with van der Waals surface area (Å²) in [4.78, 5) is 25.6. The summed E-state index contributed by atoms with van der Waals surface area (Å²) in [5.41, 5.74) is 0. The molecule has 0 saturated carbocycles. The van der Waals surface area contributed by atoms with Crippen molar-refractivity contribution in [1.82, 2.24) is 5.32 Å². The van der Waals surface area contributed by atoms with Crippen LogP contribution in [0.4, 0.5) is 0 Å². The van der Waals surface area contributed by atoms with Gasteiger partial charge < -0.3 is 28.8 Å². The first-order valence-electron chi connectivity index (χ1n) is 34.4. The van der Waals surface area contributed by atoms with Crippen LogP contribution in [0.5, 0.6) is 0 Å². The fourth-order valence-corrected chi connectivity index (χ4v) is 11.2. The third kappa shape index (κ3) is 62.3. The number of aliphatic hydroxyl groups excluding tert-OH is 1. The third-order valence-corrected chi connectivity index (χ3v) is 16.8. The van der Waals surface area contributed by atoms with Crippen LogP contribution in [0.1, 0.15) is 348 Å². The predicted molar refractivity (Wildman–Crippen MR) is 339 cm³/mol. The van der Waals surface area contributed by atoms with Crippen molar-refractivity contribution in [2.75, 3.05) is 40.9 Å². The molecule has 0 aromatic heterocycles. The van der Waals surface area contributed by atoms with Gasteiger partial charge in [0.15, 0.2) is 0 Å². The highest BCUT2D eigenvalue weighted by atomic mass is 31.2. The van der Waals surface area contributed by atoms with Gasteiger partial charge in [0.05, 0.1) is 39.9 Å². The van der Waals surface area contributed by atoms with Crippen LogP contribution in [0.25, 0.3) is 0 Å². The second-order valence-corrected chi connectivity index (χ2v) is 26.3.